The summed E-state index contributed by atoms with van der Waals surface area (Å²) in [7, 11) is 1.71. The van der Waals surface area contributed by atoms with Gasteiger partial charge in [0, 0.05) is 0 Å². The zero-order chi connectivity index (χ0) is 22.8. The van der Waals surface area contributed by atoms with Crippen molar-refractivity contribution in [3.05, 3.63) is 59.7 Å². The third kappa shape index (κ3) is 8.57. The van der Waals surface area contributed by atoms with E-state index in [1.165, 1.54) is 11.1 Å². The molecule has 2 atom stereocenters. The summed E-state index contributed by atoms with van der Waals surface area (Å²) in [4.78, 5) is 0. The van der Waals surface area contributed by atoms with E-state index >= 15 is 0 Å². The van der Waals surface area contributed by atoms with E-state index in [-0.39, 0.29) is 6.10 Å². The molecule has 0 saturated heterocycles. The first-order valence-corrected chi connectivity index (χ1v) is 11.8. The first kappa shape index (κ1) is 25.3. The normalized spacial score (nSPS) is 13.6. The van der Waals surface area contributed by atoms with Crippen molar-refractivity contribution in [2.75, 3.05) is 20.3 Å². The van der Waals surface area contributed by atoms with Crippen LogP contribution in [0.3, 0.4) is 0 Å². The Morgan fingerprint density at radius 1 is 0.677 bits per heavy atom. The molecule has 31 heavy (non-hydrogen) atoms. The average molecular weight is 427 g/mol. The highest BCUT2D eigenvalue weighted by atomic mass is 16.5. The SMILES string of the molecule is COc1ccc(C(CC(C)C)CC(OCCOc2ccc(C(C)C)cc2)C(C)C)cc1. The first-order chi connectivity index (χ1) is 14.8. The summed E-state index contributed by atoms with van der Waals surface area (Å²) >= 11 is 0. The molecule has 0 heterocycles. The summed E-state index contributed by atoms with van der Waals surface area (Å²) in [6, 6.07) is 16.9. The van der Waals surface area contributed by atoms with Gasteiger partial charge in [-0.15, -0.1) is 0 Å². The monoisotopic (exact) mass is 426 g/mol. The maximum absolute atomic E-state index is 6.32. The lowest BCUT2D eigenvalue weighted by Crippen LogP contribution is -2.25. The fourth-order valence-corrected chi connectivity index (χ4v) is 3.93. The van der Waals surface area contributed by atoms with Gasteiger partial charge in [-0.3, -0.25) is 0 Å². The second-order valence-corrected chi connectivity index (χ2v) is 9.56. The number of rotatable bonds is 13. The van der Waals surface area contributed by atoms with Crippen molar-refractivity contribution in [1.29, 1.82) is 0 Å². The van der Waals surface area contributed by atoms with Gasteiger partial charge in [-0.25, -0.2) is 0 Å². The molecule has 0 bridgehead atoms. The molecular formula is C28H42O3. The second-order valence-electron chi connectivity index (χ2n) is 9.56. The molecule has 2 unspecified atom stereocenters. The Bertz CT molecular complexity index is 732. The predicted octanol–water partition coefficient (Wildman–Crippen LogP) is 7.46. The van der Waals surface area contributed by atoms with Gasteiger partial charge in [0.2, 0.25) is 0 Å². The fraction of sp³-hybridized carbons (Fsp3) is 0.571. The van der Waals surface area contributed by atoms with Crippen molar-refractivity contribution in [3.63, 3.8) is 0 Å². The number of methoxy groups -OCH3 is 1. The molecule has 0 radical (unpaired) electrons. The van der Waals surface area contributed by atoms with Crippen molar-refractivity contribution in [2.24, 2.45) is 11.8 Å². The van der Waals surface area contributed by atoms with Gasteiger partial charge in [-0.2, -0.15) is 0 Å². The number of ether oxygens (including phenoxy) is 3. The Kier molecular flexibility index (Phi) is 10.4. The molecule has 0 spiro atoms. The molecule has 3 heteroatoms. The Labute approximate surface area is 190 Å². The minimum absolute atomic E-state index is 0.206. The maximum atomic E-state index is 6.32. The molecular weight excluding hydrogens is 384 g/mol. The molecule has 2 aromatic carbocycles. The van der Waals surface area contributed by atoms with Gasteiger partial charge in [0.05, 0.1) is 19.8 Å². The smallest absolute Gasteiger partial charge is 0.119 e. The topological polar surface area (TPSA) is 27.7 Å². The van der Waals surface area contributed by atoms with Gasteiger partial charge in [0.1, 0.15) is 18.1 Å². The quantitative estimate of drug-likeness (QED) is 0.311. The zero-order valence-corrected chi connectivity index (χ0v) is 20.6. The van der Waals surface area contributed by atoms with E-state index in [1.807, 2.05) is 0 Å². The summed E-state index contributed by atoms with van der Waals surface area (Å²) in [5.41, 5.74) is 2.70. The summed E-state index contributed by atoms with van der Waals surface area (Å²) in [6.45, 7) is 14.7. The summed E-state index contributed by atoms with van der Waals surface area (Å²) < 4.78 is 17.6. The molecule has 3 nitrogen and oxygen atoms in total. The van der Waals surface area contributed by atoms with Gasteiger partial charge in [0.15, 0.2) is 0 Å². The minimum atomic E-state index is 0.206. The van der Waals surface area contributed by atoms with Crippen LogP contribution < -0.4 is 9.47 Å². The highest BCUT2D eigenvalue weighted by Crippen LogP contribution is 2.32. The first-order valence-electron chi connectivity index (χ1n) is 11.8. The number of hydrogen-bond acceptors (Lipinski definition) is 3. The summed E-state index contributed by atoms with van der Waals surface area (Å²) in [5, 5.41) is 0. The van der Waals surface area contributed by atoms with Gasteiger partial charge in [-0.05, 0) is 71.9 Å². The van der Waals surface area contributed by atoms with Crippen LogP contribution in [-0.4, -0.2) is 26.4 Å². The largest absolute Gasteiger partial charge is 0.497 e. The van der Waals surface area contributed by atoms with Crippen LogP contribution in [0.4, 0.5) is 0 Å². The molecule has 0 saturated carbocycles. The summed E-state index contributed by atoms with van der Waals surface area (Å²) in [5.74, 6) is 3.92. The van der Waals surface area contributed by atoms with Crippen LogP contribution in [0.5, 0.6) is 11.5 Å². The van der Waals surface area contributed by atoms with Crippen LogP contribution in [0.15, 0.2) is 48.5 Å². The van der Waals surface area contributed by atoms with E-state index in [0.717, 1.165) is 24.3 Å². The Morgan fingerprint density at radius 3 is 1.77 bits per heavy atom. The standard InChI is InChI=1S/C28H42O3/c1-20(2)18-25(24-10-12-26(29-7)13-11-24)19-28(22(5)6)31-17-16-30-27-14-8-23(9-15-27)21(3)4/h8-15,20-22,25,28H,16-19H2,1-7H3. The van der Waals surface area contributed by atoms with Crippen LogP contribution in [0, 0.1) is 11.8 Å². The molecule has 0 aliphatic rings. The third-order valence-electron chi connectivity index (χ3n) is 5.83. The highest BCUT2D eigenvalue weighted by molar-refractivity contribution is 5.30. The Balaban J connectivity index is 1.92. The Morgan fingerprint density at radius 2 is 1.26 bits per heavy atom. The Hall–Kier alpha value is -2.00. The molecule has 2 rings (SSSR count). The molecule has 2 aromatic rings. The van der Waals surface area contributed by atoms with E-state index in [4.69, 9.17) is 14.2 Å². The van der Waals surface area contributed by atoms with Crippen LogP contribution in [-0.2, 0) is 4.74 Å². The van der Waals surface area contributed by atoms with Crippen LogP contribution in [0.25, 0.3) is 0 Å². The minimum Gasteiger partial charge on any atom is -0.497 e. The van der Waals surface area contributed by atoms with E-state index in [0.29, 0.717) is 36.9 Å². The molecule has 172 valence electrons. The van der Waals surface area contributed by atoms with Crippen LogP contribution >= 0.6 is 0 Å². The van der Waals surface area contributed by atoms with E-state index in [1.54, 1.807) is 7.11 Å². The maximum Gasteiger partial charge on any atom is 0.119 e. The van der Waals surface area contributed by atoms with Crippen molar-refractivity contribution < 1.29 is 14.2 Å². The predicted molar refractivity (Wildman–Crippen MR) is 130 cm³/mol. The number of benzene rings is 2. The zero-order valence-electron chi connectivity index (χ0n) is 20.6. The number of hydrogen-bond donors (Lipinski definition) is 0. The van der Waals surface area contributed by atoms with Crippen LogP contribution in [0.1, 0.15) is 77.3 Å². The fourth-order valence-electron chi connectivity index (χ4n) is 3.93. The molecule has 0 aliphatic carbocycles. The lowest BCUT2D eigenvalue weighted by Gasteiger charge is -2.28. The van der Waals surface area contributed by atoms with E-state index in [2.05, 4.69) is 90.1 Å². The lowest BCUT2D eigenvalue weighted by atomic mass is 9.84. The molecule has 0 aliphatic heterocycles. The lowest BCUT2D eigenvalue weighted by molar-refractivity contribution is -0.00267. The van der Waals surface area contributed by atoms with E-state index in [9.17, 15) is 0 Å². The van der Waals surface area contributed by atoms with Crippen molar-refractivity contribution in [2.45, 2.75) is 72.3 Å². The average Bonchev–Trinajstić information content (AvgIpc) is 2.75. The molecule has 0 N–H and O–H groups in total. The highest BCUT2D eigenvalue weighted by Gasteiger charge is 2.22. The summed E-state index contributed by atoms with van der Waals surface area (Å²) in [6.07, 6.45) is 2.38. The van der Waals surface area contributed by atoms with Crippen molar-refractivity contribution in [1.82, 2.24) is 0 Å². The van der Waals surface area contributed by atoms with Crippen LogP contribution in [0.2, 0.25) is 0 Å². The van der Waals surface area contributed by atoms with Crippen molar-refractivity contribution in [3.8, 4) is 11.5 Å². The van der Waals surface area contributed by atoms with Gasteiger partial charge in [0.25, 0.3) is 0 Å². The molecule has 0 aromatic heterocycles. The van der Waals surface area contributed by atoms with Gasteiger partial charge < -0.3 is 14.2 Å². The third-order valence-corrected chi connectivity index (χ3v) is 5.83. The van der Waals surface area contributed by atoms with E-state index < -0.39 is 0 Å². The molecule has 0 fully saturated rings. The van der Waals surface area contributed by atoms with Gasteiger partial charge >= 0.3 is 0 Å². The second kappa shape index (κ2) is 12.8. The van der Waals surface area contributed by atoms with Crippen molar-refractivity contribution >= 4 is 0 Å². The molecule has 0 amide bonds. The van der Waals surface area contributed by atoms with Gasteiger partial charge in [-0.1, -0.05) is 65.8 Å².